The Hall–Kier alpha value is -3.10. The molecule has 1 aliphatic rings. The lowest BCUT2D eigenvalue weighted by molar-refractivity contribution is -0.113. The molecular formula is C26H25N3O3S2. The maximum absolute atomic E-state index is 13.7. The van der Waals surface area contributed by atoms with Crippen molar-refractivity contribution in [3.63, 3.8) is 0 Å². The third-order valence-corrected chi connectivity index (χ3v) is 8.09. The second-order valence-corrected chi connectivity index (χ2v) is 10.5. The quantitative estimate of drug-likeness (QED) is 0.293. The minimum Gasteiger partial charge on any atom is -0.495 e. The van der Waals surface area contributed by atoms with E-state index in [0.29, 0.717) is 16.6 Å². The molecule has 8 heteroatoms. The van der Waals surface area contributed by atoms with Crippen LogP contribution in [0.2, 0.25) is 0 Å². The van der Waals surface area contributed by atoms with Gasteiger partial charge >= 0.3 is 0 Å². The Morgan fingerprint density at radius 1 is 1.15 bits per heavy atom. The molecule has 0 fully saturated rings. The molecule has 34 heavy (non-hydrogen) atoms. The maximum Gasteiger partial charge on any atom is 0.267 e. The van der Waals surface area contributed by atoms with E-state index in [4.69, 9.17) is 9.72 Å². The number of benzene rings is 2. The fraction of sp³-hybridized carbons (Fsp3) is 0.269. The van der Waals surface area contributed by atoms with Crippen LogP contribution < -0.4 is 15.6 Å². The molecule has 0 saturated heterocycles. The van der Waals surface area contributed by atoms with Gasteiger partial charge in [0.15, 0.2) is 5.16 Å². The molecule has 0 atom stereocenters. The summed E-state index contributed by atoms with van der Waals surface area (Å²) < 4.78 is 7.02. The van der Waals surface area contributed by atoms with E-state index in [2.05, 4.69) is 5.32 Å². The minimum atomic E-state index is -0.188. The lowest BCUT2D eigenvalue weighted by Crippen LogP contribution is -2.23. The fourth-order valence-corrected chi connectivity index (χ4v) is 6.39. The van der Waals surface area contributed by atoms with E-state index in [9.17, 15) is 9.59 Å². The van der Waals surface area contributed by atoms with Crippen LogP contribution in [-0.4, -0.2) is 28.3 Å². The van der Waals surface area contributed by atoms with Gasteiger partial charge in [-0.2, -0.15) is 0 Å². The van der Waals surface area contributed by atoms with Gasteiger partial charge < -0.3 is 10.1 Å². The van der Waals surface area contributed by atoms with Crippen LogP contribution in [0, 0.1) is 13.8 Å². The smallest absolute Gasteiger partial charge is 0.267 e. The summed E-state index contributed by atoms with van der Waals surface area (Å²) in [5, 5.41) is 4.18. The molecule has 5 rings (SSSR count). The van der Waals surface area contributed by atoms with Gasteiger partial charge in [0.1, 0.15) is 10.6 Å². The zero-order valence-corrected chi connectivity index (χ0v) is 20.9. The van der Waals surface area contributed by atoms with Crippen LogP contribution in [0.15, 0.2) is 52.4 Å². The van der Waals surface area contributed by atoms with Crippen molar-refractivity contribution in [3.8, 4) is 11.4 Å². The van der Waals surface area contributed by atoms with E-state index in [1.807, 2.05) is 56.3 Å². The van der Waals surface area contributed by atoms with Crippen molar-refractivity contribution in [2.45, 2.75) is 38.3 Å². The average molecular weight is 492 g/mol. The zero-order valence-electron chi connectivity index (χ0n) is 19.3. The number of aromatic nitrogens is 2. The van der Waals surface area contributed by atoms with Crippen molar-refractivity contribution in [3.05, 3.63) is 74.4 Å². The van der Waals surface area contributed by atoms with Gasteiger partial charge in [-0.25, -0.2) is 4.98 Å². The van der Waals surface area contributed by atoms with Crippen molar-refractivity contribution in [1.29, 1.82) is 0 Å². The number of nitrogens with one attached hydrogen (secondary N) is 1. The number of carbonyl (C=O) groups excluding carboxylic acids is 1. The first-order chi connectivity index (χ1) is 16.4. The molecule has 4 aromatic rings. The van der Waals surface area contributed by atoms with Crippen molar-refractivity contribution >= 4 is 44.9 Å². The van der Waals surface area contributed by atoms with Gasteiger partial charge in [-0.3, -0.25) is 14.2 Å². The first-order valence-electron chi connectivity index (χ1n) is 11.2. The van der Waals surface area contributed by atoms with Gasteiger partial charge in [0.25, 0.3) is 5.56 Å². The first-order valence-corrected chi connectivity index (χ1v) is 13.0. The van der Waals surface area contributed by atoms with E-state index in [1.165, 1.54) is 16.6 Å². The van der Waals surface area contributed by atoms with E-state index in [1.54, 1.807) is 23.0 Å². The third kappa shape index (κ3) is 4.23. The molecular weight excluding hydrogens is 466 g/mol. The number of amides is 1. The molecule has 0 saturated carbocycles. The van der Waals surface area contributed by atoms with Crippen LogP contribution in [0.5, 0.6) is 5.75 Å². The van der Waals surface area contributed by atoms with Crippen LogP contribution in [0.4, 0.5) is 5.69 Å². The van der Waals surface area contributed by atoms with Crippen LogP contribution in [0.3, 0.4) is 0 Å². The largest absolute Gasteiger partial charge is 0.495 e. The van der Waals surface area contributed by atoms with E-state index in [0.717, 1.165) is 51.9 Å². The second-order valence-electron chi connectivity index (χ2n) is 8.45. The number of rotatable bonds is 6. The number of ether oxygens (including phenoxy) is 1. The van der Waals surface area contributed by atoms with Crippen LogP contribution >= 0.6 is 23.1 Å². The fourth-order valence-electron chi connectivity index (χ4n) is 4.28. The average Bonchev–Trinajstić information content (AvgIpc) is 3.40. The summed E-state index contributed by atoms with van der Waals surface area (Å²) in [4.78, 5) is 33.4. The van der Waals surface area contributed by atoms with Gasteiger partial charge in [-0.1, -0.05) is 35.5 Å². The minimum absolute atomic E-state index is 0.0588. The van der Waals surface area contributed by atoms with Gasteiger partial charge in [0, 0.05) is 4.88 Å². The van der Waals surface area contributed by atoms with Crippen molar-refractivity contribution in [2.75, 3.05) is 18.2 Å². The molecule has 0 unspecified atom stereocenters. The summed E-state index contributed by atoms with van der Waals surface area (Å²) in [5.41, 5.74) is 4.61. The molecule has 174 valence electrons. The maximum atomic E-state index is 13.7. The van der Waals surface area contributed by atoms with Crippen LogP contribution in [0.25, 0.3) is 15.9 Å². The molecule has 2 aromatic heterocycles. The number of anilines is 1. The number of thioether (sulfide) groups is 1. The third-order valence-electron chi connectivity index (χ3n) is 5.96. The number of carbonyl (C=O) groups is 1. The standard InChI is InChI=1S/C26H25N3O3S2/c1-15-7-10-17(11-8-15)29-25(31)23-18-5-4-6-21(18)34-24(23)28-26(29)33-14-22(30)27-19-13-16(2)9-12-20(19)32-3/h7-13H,4-6,14H2,1-3H3,(H,27,30). The normalized spacial score (nSPS) is 12.7. The topological polar surface area (TPSA) is 73.2 Å². The summed E-state index contributed by atoms with van der Waals surface area (Å²) in [7, 11) is 1.58. The molecule has 1 aliphatic carbocycles. The summed E-state index contributed by atoms with van der Waals surface area (Å²) in [6, 6.07) is 13.5. The molecule has 1 N–H and O–H groups in total. The SMILES string of the molecule is COc1ccc(C)cc1NC(=O)CSc1nc2sc3c(c2c(=O)n1-c1ccc(C)cc1)CCC3. The lowest BCUT2D eigenvalue weighted by atomic mass is 10.2. The second kappa shape index (κ2) is 9.27. The van der Waals surface area contributed by atoms with Gasteiger partial charge in [-0.15, -0.1) is 11.3 Å². The van der Waals surface area contributed by atoms with Crippen LogP contribution in [0.1, 0.15) is 28.0 Å². The first kappa shape index (κ1) is 22.7. The number of hydrogen-bond donors (Lipinski definition) is 1. The Balaban J connectivity index is 1.49. The molecule has 6 nitrogen and oxygen atoms in total. The van der Waals surface area contributed by atoms with Crippen molar-refractivity contribution < 1.29 is 9.53 Å². The number of fused-ring (bicyclic) bond motifs is 3. The number of aryl methyl sites for hydroxylation is 4. The molecule has 2 aromatic carbocycles. The highest BCUT2D eigenvalue weighted by Gasteiger charge is 2.24. The lowest BCUT2D eigenvalue weighted by Gasteiger charge is -2.14. The highest BCUT2D eigenvalue weighted by Crippen LogP contribution is 2.36. The van der Waals surface area contributed by atoms with Gasteiger partial charge in [-0.05, 0) is 68.5 Å². The summed E-state index contributed by atoms with van der Waals surface area (Å²) in [6.45, 7) is 3.97. The Kier molecular flexibility index (Phi) is 6.18. The number of nitrogens with zero attached hydrogens (tertiary/aromatic N) is 2. The predicted octanol–water partition coefficient (Wildman–Crippen LogP) is 5.29. The van der Waals surface area contributed by atoms with Crippen molar-refractivity contribution in [2.24, 2.45) is 0 Å². The molecule has 0 bridgehead atoms. The molecule has 2 heterocycles. The Bertz CT molecular complexity index is 1460. The number of thiophene rings is 1. The van der Waals surface area contributed by atoms with Gasteiger partial charge in [0.05, 0.1) is 29.6 Å². The predicted molar refractivity (Wildman–Crippen MR) is 139 cm³/mol. The summed E-state index contributed by atoms with van der Waals surface area (Å²) >= 11 is 2.88. The summed E-state index contributed by atoms with van der Waals surface area (Å²) in [6.07, 6.45) is 3.01. The number of methoxy groups -OCH3 is 1. The zero-order chi connectivity index (χ0) is 23.8. The Morgan fingerprint density at radius 2 is 1.91 bits per heavy atom. The van der Waals surface area contributed by atoms with Crippen LogP contribution in [-0.2, 0) is 17.6 Å². The molecule has 1 amide bonds. The highest BCUT2D eigenvalue weighted by molar-refractivity contribution is 7.99. The van der Waals surface area contributed by atoms with E-state index < -0.39 is 0 Å². The van der Waals surface area contributed by atoms with E-state index in [-0.39, 0.29) is 17.2 Å². The Labute approximate surface area is 206 Å². The molecule has 0 radical (unpaired) electrons. The van der Waals surface area contributed by atoms with E-state index >= 15 is 0 Å². The monoisotopic (exact) mass is 491 g/mol. The molecule has 0 spiro atoms. The van der Waals surface area contributed by atoms with Crippen molar-refractivity contribution in [1.82, 2.24) is 9.55 Å². The summed E-state index contributed by atoms with van der Waals surface area (Å²) in [5.74, 6) is 0.534. The Morgan fingerprint density at radius 3 is 2.68 bits per heavy atom. The van der Waals surface area contributed by atoms with Gasteiger partial charge in [0.2, 0.25) is 5.91 Å². The highest BCUT2D eigenvalue weighted by atomic mass is 32.2. The number of hydrogen-bond acceptors (Lipinski definition) is 6. The molecule has 0 aliphatic heterocycles.